The van der Waals surface area contributed by atoms with Gasteiger partial charge in [0.1, 0.15) is 36.6 Å². The second-order valence-electron chi connectivity index (χ2n) is 6.53. The Bertz CT molecular complexity index is 584. The third-order valence-electron chi connectivity index (χ3n) is 4.55. The van der Waals surface area contributed by atoms with Gasteiger partial charge in [0.2, 0.25) is 0 Å². The number of hydrogen-bond donors (Lipinski definition) is 9. The first kappa shape index (κ1) is 22.8. The minimum atomic E-state index is -2.96. The number of aliphatic hydroxyl groups is 7. The molecule has 0 aromatic rings. The van der Waals surface area contributed by atoms with E-state index in [1.807, 2.05) is 0 Å². The van der Waals surface area contributed by atoms with Crippen molar-refractivity contribution in [2.75, 3.05) is 6.61 Å². The fourth-order valence-corrected chi connectivity index (χ4v) is 2.96. The molecule has 0 aromatic carbocycles. The summed E-state index contributed by atoms with van der Waals surface area (Å²) in [6.07, 6.45) is -18.2. The summed E-state index contributed by atoms with van der Waals surface area (Å²) in [5.41, 5.74) is 0. The molecule has 2 saturated heterocycles. The van der Waals surface area contributed by atoms with Gasteiger partial charge in [-0.05, 0) is 0 Å². The number of carbonyl (C=O) groups is 2. The topological polar surface area (TPSA) is 244 Å². The predicted octanol–water partition coefficient (Wildman–Crippen LogP) is -5.46. The highest BCUT2D eigenvalue weighted by molar-refractivity contribution is 5.75. The first-order valence-corrected chi connectivity index (χ1v) is 8.11. The van der Waals surface area contributed by atoms with Crippen LogP contribution in [-0.4, -0.2) is 125 Å². The van der Waals surface area contributed by atoms with E-state index >= 15 is 0 Å². The minimum Gasteiger partial charge on any atom is -0.479 e. The van der Waals surface area contributed by atoms with Gasteiger partial charge in [-0.2, -0.15) is 0 Å². The number of hydrogen-bond acceptors (Lipinski definition) is 12. The van der Waals surface area contributed by atoms with Crippen molar-refractivity contribution in [2.45, 2.75) is 67.3 Å². The third-order valence-corrected chi connectivity index (χ3v) is 4.55. The molecule has 2 aliphatic rings. The highest BCUT2D eigenvalue weighted by Crippen LogP contribution is 2.33. The van der Waals surface area contributed by atoms with Crippen LogP contribution in [0.4, 0.5) is 0 Å². The average Bonchev–Trinajstić information content (AvgIpc) is 2.63. The molecule has 10 atom stereocenters. The van der Waals surface area contributed by atoms with Crippen LogP contribution >= 0.6 is 0 Å². The quantitative estimate of drug-likeness (QED) is 0.197. The standard InChI is InChI=1S/C14H22O14/c15-2-3(16)9-5(17)4(1-14(25,28-9)13(23)24)26-12-8(20)6(18)7(19)10(27-12)11(21)22/h3-10,12,15-20,25H,1-2H2,(H,21,22)(H,23,24)/t3-,4-,5-,6+,7+,8-,9-,10+,12+,14?/m1/s1. The molecule has 28 heavy (non-hydrogen) atoms. The van der Waals surface area contributed by atoms with Crippen molar-refractivity contribution in [3.05, 3.63) is 0 Å². The molecule has 0 bridgehead atoms. The van der Waals surface area contributed by atoms with Crippen LogP contribution in [0.3, 0.4) is 0 Å². The van der Waals surface area contributed by atoms with E-state index in [0.29, 0.717) is 0 Å². The van der Waals surface area contributed by atoms with E-state index < -0.39 is 85.9 Å². The van der Waals surface area contributed by atoms with Crippen molar-refractivity contribution in [3.8, 4) is 0 Å². The summed E-state index contributed by atoms with van der Waals surface area (Å²) in [4.78, 5) is 22.4. The third kappa shape index (κ3) is 4.25. The van der Waals surface area contributed by atoms with Gasteiger partial charge in [-0.3, -0.25) is 0 Å². The molecule has 2 heterocycles. The maximum atomic E-state index is 11.3. The monoisotopic (exact) mass is 414 g/mol. The van der Waals surface area contributed by atoms with Gasteiger partial charge in [0.05, 0.1) is 12.7 Å². The van der Waals surface area contributed by atoms with Crippen molar-refractivity contribution < 1.29 is 69.8 Å². The molecule has 2 rings (SSSR count). The summed E-state index contributed by atoms with van der Waals surface area (Å²) in [7, 11) is 0. The van der Waals surface area contributed by atoms with Gasteiger partial charge < -0.3 is 60.2 Å². The van der Waals surface area contributed by atoms with E-state index in [-0.39, 0.29) is 0 Å². The van der Waals surface area contributed by atoms with Crippen molar-refractivity contribution in [2.24, 2.45) is 0 Å². The Hall–Kier alpha value is -1.46. The summed E-state index contributed by atoms with van der Waals surface area (Å²) in [5, 5.41) is 86.6. The van der Waals surface area contributed by atoms with E-state index in [4.69, 9.17) is 29.5 Å². The van der Waals surface area contributed by atoms with Gasteiger partial charge in [-0.15, -0.1) is 0 Å². The van der Waals surface area contributed by atoms with Gasteiger partial charge in [-0.1, -0.05) is 0 Å². The molecule has 162 valence electrons. The number of aliphatic hydroxyl groups excluding tert-OH is 6. The zero-order valence-electron chi connectivity index (χ0n) is 14.2. The van der Waals surface area contributed by atoms with Crippen molar-refractivity contribution in [1.29, 1.82) is 0 Å². The van der Waals surface area contributed by atoms with Crippen LogP contribution in [0.25, 0.3) is 0 Å². The molecule has 0 spiro atoms. The van der Waals surface area contributed by atoms with E-state index in [1.165, 1.54) is 0 Å². The Labute approximate surface area is 156 Å². The van der Waals surface area contributed by atoms with Crippen LogP contribution in [0.1, 0.15) is 6.42 Å². The average molecular weight is 414 g/mol. The summed E-state index contributed by atoms with van der Waals surface area (Å²) in [6, 6.07) is 0. The SMILES string of the molecule is O=C(O)[C@H]1O[C@H](O[C@@H]2CC(O)(C(=O)O)O[C@H]([C@H](O)CO)[C@@H]2O)[C@H](O)[C@@H](O)[C@@H]1O. The maximum absolute atomic E-state index is 11.3. The molecule has 0 aromatic heterocycles. The number of carboxylic acid groups (broad SMARTS) is 2. The Morgan fingerprint density at radius 1 is 1.07 bits per heavy atom. The molecule has 9 N–H and O–H groups in total. The van der Waals surface area contributed by atoms with Crippen LogP contribution in [0, 0.1) is 0 Å². The summed E-state index contributed by atoms with van der Waals surface area (Å²) in [6.45, 7) is -0.974. The molecule has 14 nitrogen and oxygen atoms in total. The minimum absolute atomic E-state index is 0.943. The second kappa shape index (κ2) is 8.50. The molecule has 14 heteroatoms. The van der Waals surface area contributed by atoms with Crippen LogP contribution in [0.5, 0.6) is 0 Å². The van der Waals surface area contributed by atoms with Crippen molar-refractivity contribution in [3.63, 3.8) is 0 Å². The molecule has 0 amide bonds. The molecule has 0 aliphatic carbocycles. The zero-order valence-corrected chi connectivity index (χ0v) is 14.2. The summed E-state index contributed by atoms with van der Waals surface area (Å²) >= 11 is 0. The molecule has 1 unspecified atom stereocenters. The smallest absolute Gasteiger partial charge is 0.364 e. The highest BCUT2D eigenvalue weighted by Gasteiger charge is 2.55. The fourth-order valence-electron chi connectivity index (χ4n) is 2.96. The molecular weight excluding hydrogens is 392 g/mol. The second-order valence-corrected chi connectivity index (χ2v) is 6.53. The lowest BCUT2D eigenvalue weighted by molar-refractivity contribution is -0.351. The lowest BCUT2D eigenvalue weighted by atomic mass is 9.92. The van der Waals surface area contributed by atoms with Crippen molar-refractivity contribution in [1.82, 2.24) is 0 Å². The Morgan fingerprint density at radius 2 is 1.68 bits per heavy atom. The van der Waals surface area contributed by atoms with Gasteiger partial charge >= 0.3 is 11.9 Å². The Balaban J connectivity index is 2.26. The molecule has 0 saturated carbocycles. The number of ether oxygens (including phenoxy) is 3. The largest absolute Gasteiger partial charge is 0.479 e. The predicted molar refractivity (Wildman–Crippen MR) is 80.4 cm³/mol. The van der Waals surface area contributed by atoms with Crippen LogP contribution in [0.15, 0.2) is 0 Å². The molecule has 0 radical (unpaired) electrons. The van der Waals surface area contributed by atoms with Crippen molar-refractivity contribution >= 4 is 11.9 Å². The number of aliphatic carboxylic acids is 2. The van der Waals surface area contributed by atoms with Gasteiger partial charge in [0, 0.05) is 6.42 Å². The van der Waals surface area contributed by atoms with Gasteiger partial charge in [-0.25, -0.2) is 9.59 Å². The first-order valence-electron chi connectivity index (χ1n) is 8.11. The highest BCUT2D eigenvalue weighted by atomic mass is 16.7. The summed E-state index contributed by atoms with van der Waals surface area (Å²) in [5.74, 6) is -6.57. The van der Waals surface area contributed by atoms with Crippen LogP contribution < -0.4 is 0 Å². The normalized spacial score (nSPS) is 45.4. The lowest BCUT2D eigenvalue weighted by Gasteiger charge is -2.46. The molecular formula is C14H22O14. The summed E-state index contributed by atoms with van der Waals surface area (Å²) < 4.78 is 14.8. The maximum Gasteiger partial charge on any atom is 0.364 e. The molecule has 2 fully saturated rings. The zero-order chi connectivity index (χ0) is 21.4. The Kier molecular flexibility index (Phi) is 6.93. The number of carboxylic acids is 2. The first-order chi connectivity index (χ1) is 12.9. The van der Waals surface area contributed by atoms with Crippen LogP contribution in [0.2, 0.25) is 0 Å². The lowest BCUT2D eigenvalue weighted by Crippen LogP contribution is -2.65. The van der Waals surface area contributed by atoms with E-state index in [1.54, 1.807) is 0 Å². The van der Waals surface area contributed by atoms with E-state index in [0.717, 1.165) is 0 Å². The van der Waals surface area contributed by atoms with E-state index in [9.17, 15) is 40.2 Å². The fraction of sp³-hybridized carbons (Fsp3) is 0.857. The van der Waals surface area contributed by atoms with Gasteiger partial charge in [0.25, 0.3) is 5.79 Å². The van der Waals surface area contributed by atoms with E-state index in [2.05, 4.69) is 0 Å². The Morgan fingerprint density at radius 3 is 2.18 bits per heavy atom. The van der Waals surface area contributed by atoms with Crippen LogP contribution in [-0.2, 0) is 23.8 Å². The number of rotatable bonds is 6. The van der Waals surface area contributed by atoms with Gasteiger partial charge in [0.15, 0.2) is 12.4 Å². The molecule has 2 aliphatic heterocycles.